The van der Waals surface area contributed by atoms with Crippen molar-refractivity contribution in [2.75, 3.05) is 26.9 Å². The molecule has 0 radical (unpaired) electrons. The van der Waals surface area contributed by atoms with Crippen LogP contribution in [0, 0.1) is 19.3 Å². The van der Waals surface area contributed by atoms with Crippen molar-refractivity contribution in [2.24, 2.45) is 16.9 Å². The van der Waals surface area contributed by atoms with Gasteiger partial charge in [-0.25, -0.2) is 0 Å². The zero-order chi connectivity index (χ0) is 13.3. The number of nitrogens with two attached hydrogens (primary N) is 2. The molecule has 0 bridgehead atoms. The van der Waals surface area contributed by atoms with E-state index in [1.165, 1.54) is 0 Å². The summed E-state index contributed by atoms with van der Waals surface area (Å²) in [4.78, 5) is 0. The van der Waals surface area contributed by atoms with Gasteiger partial charge in [-0.15, -0.1) is 0 Å². The van der Waals surface area contributed by atoms with Gasteiger partial charge in [0.15, 0.2) is 0 Å². The van der Waals surface area contributed by atoms with Crippen LogP contribution in [0.3, 0.4) is 0 Å². The molecule has 0 saturated carbocycles. The van der Waals surface area contributed by atoms with E-state index >= 15 is 0 Å². The summed E-state index contributed by atoms with van der Waals surface area (Å²) in [6, 6.07) is 4.10. The molecular weight excluding hydrogens is 228 g/mol. The van der Waals surface area contributed by atoms with Gasteiger partial charge < -0.3 is 20.9 Å². The summed E-state index contributed by atoms with van der Waals surface area (Å²) < 4.78 is 10.7. The van der Waals surface area contributed by atoms with Crippen LogP contribution in [0.15, 0.2) is 12.1 Å². The van der Waals surface area contributed by atoms with Gasteiger partial charge in [-0.2, -0.15) is 0 Å². The minimum absolute atomic E-state index is 0.0837. The molecule has 1 fully saturated rings. The molecule has 0 spiro atoms. The van der Waals surface area contributed by atoms with Gasteiger partial charge in [0, 0.05) is 18.0 Å². The number of methoxy groups -OCH3 is 1. The van der Waals surface area contributed by atoms with E-state index in [4.69, 9.17) is 20.9 Å². The fourth-order valence-corrected chi connectivity index (χ4v) is 2.63. The fraction of sp³-hybridized carbons (Fsp3) is 0.571. The van der Waals surface area contributed by atoms with Crippen molar-refractivity contribution >= 4 is 0 Å². The lowest BCUT2D eigenvalue weighted by Gasteiger charge is -2.45. The molecule has 0 amide bonds. The summed E-state index contributed by atoms with van der Waals surface area (Å²) >= 11 is 0. The Kier molecular flexibility index (Phi) is 3.61. The first-order valence-electron chi connectivity index (χ1n) is 6.22. The van der Waals surface area contributed by atoms with Gasteiger partial charge in [0.2, 0.25) is 0 Å². The van der Waals surface area contributed by atoms with Gasteiger partial charge in [0.25, 0.3) is 0 Å². The molecule has 1 saturated heterocycles. The molecule has 0 aliphatic carbocycles. The molecular formula is C14H22N2O2. The third-order valence-electron chi connectivity index (χ3n) is 3.89. The van der Waals surface area contributed by atoms with E-state index in [0.717, 1.165) is 22.4 Å². The highest BCUT2D eigenvalue weighted by Crippen LogP contribution is 2.39. The SMILES string of the molecule is COc1c(C)cc(C(N)C2(CN)COC2)cc1C. The van der Waals surface area contributed by atoms with Crippen LogP contribution in [-0.4, -0.2) is 26.9 Å². The average Bonchev–Trinajstić information content (AvgIpc) is 2.27. The van der Waals surface area contributed by atoms with Crippen LogP contribution < -0.4 is 16.2 Å². The molecule has 1 aromatic carbocycles. The number of ether oxygens (including phenoxy) is 2. The van der Waals surface area contributed by atoms with E-state index < -0.39 is 0 Å². The highest BCUT2D eigenvalue weighted by atomic mass is 16.5. The molecule has 4 nitrogen and oxygen atoms in total. The summed E-state index contributed by atoms with van der Waals surface area (Å²) in [5.74, 6) is 0.928. The van der Waals surface area contributed by atoms with E-state index in [1.54, 1.807) is 7.11 Å². The molecule has 1 aliphatic heterocycles. The van der Waals surface area contributed by atoms with Crippen LogP contribution in [0.1, 0.15) is 22.7 Å². The largest absolute Gasteiger partial charge is 0.496 e. The monoisotopic (exact) mass is 250 g/mol. The molecule has 0 aromatic heterocycles. The molecule has 100 valence electrons. The third kappa shape index (κ3) is 2.00. The van der Waals surface area contributed by atoms with Crippen molar-refractivity contribution in [3.63, 3.8) is 0 Å². The van der Waals surface area contributed by atoms with Crippen LogP contribution in [0.2, 0.25) is 0 Å². The minimum Gasteiger partial charge on any atom is -0.496 e. The first kappa shape index (κ1) is 13.3. The number of rotatable bonds is 4. The molecule has 2 rings (SSSR count). The Morgan fingerprint density at radius 2 is 1.89 bits per heavy atom. The molecule has 1 atom stereocenters. The lowest BCUT2D eigenvalue weighted by molar-refractivity contribution is -0.121. The van der Waals surface area contributed by atoms with E-state index in [0.29, 0.717) is 19.8 Å². The Labute approximate surface area is 108 Å². The van der Waals surface area contributed by atoms with Crippen LogP contribution in [-0.2, 0) is 4.74 Å². The Balaban J connectivity index is 2.34. The second-order valence-electron chi connectivity index (χ2n) is 5.22. The lowest BCUT2D eigenvalue weighted by atomic mass is 9.75. The van der Waals surface area contributed by atoms with Crippen LogP contribution >= 0.6 is 0 Å². The maximum atomic E-state index is 6.37. The molecule has 1 unspecified atom stereocenters. The Hall–Kier alpha value is -1.10. The Bertz CT molecular complexity index is 413. The first-order valence-corrected chi connectivity index (χ1v) is 6.22. The third-order valence-corrected chi connectivity index (χ3v) is 3.89. The number of benzene rings is 1. The number of aryl methyl sites for hydroxylation is 2. The molecule has 4 heteroatoms. The number of hydrogen-bond donors (Lipinski definition) is 2. The maximum absolute atomic E-state index is 6.37. The first-order chi connectivity index (χ1) is 8.54. The molecule has 1 aliphatic rings. The van der Waals surface area contributed by atoms with Gasteiger partial charge in [0.1, 0.15) is 5.75 Å². The smallest absolute Gasteiger partial charge is 0.124 e. The predicted molar refractivity (Wildman–Crippen MR) is 71.7 cm³/mol. The van der Waals surface area contributed by atoms with E-state index in [1.807, 2.05) is 13.8 Å². The van der Waals surface area contributed by atoms with Crippen LogP contribution in [0.25, 0.3) is 0 Å². The second-order valence-corrected chi connectivity index (χ2v) is 5.22. The van der Waals surface area contributed by atoms with E-state index in [2.05, 4.69) is 12.1 Å². The summed E-state index contributed by atoms with van der Waals surface area (Å²) in [5.41, 5.74) is 15.4. The zero-order valence-corrected chi connectivity index (χ0v) is 11.3. The average molecular weight is 250 g/mol. The lowest BCUT2D eigenvalue weighted by Crippen LogP contribution is -2.54. The Morgan fingerprint density at radius 3 is 2.22 bits per heavy atom. The van der Waals surface area contributed by atoms with Crippen molar-refractivity contribution < 1.29 is 9.47 Å². The summed E-state index contributed by atoms with van der Waals surface area (Å²) in [7, 11) is 1.69. The Morgan fingerprint density at radius 1 is 1.33 bits per heavy atom. The predicted octanol–water partition coefficient (Wildman–Crippen LogP) is 1.29. The van der Waals surface area contributed by atoms with E-state index in [-0.39, 0.29) is 11.5 Å². The van der Waals surface area contributed by atoms with Crippen molar-refractivity contribution in [2.45, 2.75) is 19.9 Å². The number of hydrogen-bond acceptors (Lipinski definition) is 4. The zero-order valence-electron chi connectivity index (χ0n) is 11.3. The summed E-state index contributed by atoms with van der Waals surface area (Å²) in [6.45, 7) is 5.92. The topological polar surface area (TPSA) is 70.5 Å². The van der Waals surface area contributed by atoms with Crippen molar-refractivity contribution in [1.82, 2.24) is 0 Å². The van der Waals surface area contributed by atoms with Gasteiger partial charge in [-0.05, 0) is 30.5 Å². The molecule has 1 aromatic rings. The second kappa shape index (κ2) is 4.88. The van der Waals surface area contributed by atoms with Gasteiger partial charge >= 0.3 is 0 Å². The summed E-state index contributed by atoms with van der Waals surface area (Å²) in [6.07, 6.45) is 0. The van der Waals surface area contributed by atoms with Crippen molar-refractivity contribution in [3.8, 4) is 5.75 Å². The molecule has 18 heavy (non-hydrogen) atoms. The standard InChI is InChI=1S/C14H22N2O2/c1-9-4-11(5-10(2)12(9)17-3)13(16)14(6-15)7-18-8-14/h4-5,13H,6-8,15-16H2,1-3H3. The highest BCUT2D eigenvalue weighted by molar-refractivity contribution is 5.44. The fourth-order valence-electron chi connectivity index (χ4n) is 2.63. The molecule has 1 heterocycles. The summed E-state index contributed by atoms with van der Waals surface area (Å²) in [5, 5.41) is 0. The normalized spacial score (nSPS) is 19.2. The highest BCUT2D eigenvalue weighted by Gasteiger charge is 2.43. The maximum Gasteiger partial charge on any atom is 0.124 e. The van der Waals surface area contributed by atoms with Crippen LogP contribution in [0.5, 0.6) is 5.75 Å². The van der Waals surface area contributed by atoms with Crippen LogP contribution in [0.4, 0.5) is 0 Å². The van der Waals surface area contributed by atoms with Crippen molar-refractivity contribution in [3.05, 3.63) is 28.8 Å². The minimum atomic E-state index is -0.104. The van der Waals surface area contributed by atoms with Gasteiger partial charge in [-0.1, -0.05) is 12.1 Å². The van der Waals surface area contributed by atoms with Gasteiger partial charge in [-0.3, -0.25) is 0 Å². The van der Waals surface area contributed by atoms with E-state index in [9.17, 15) is 0 Å². The van der Waals surface area contributed by atoms with Gasteiger partial charge in [0.05, 0.1) is 20.3 Å². The van der Waals surface area contributed by atoms with Crippen molar-refractivity contribution in [1.29, 1.82) is 0 Å². The molecule has 4 N–H and O–H groups in total. The quantitative estimate of drug-likeness (QED) is 0.844.